The summed E-state index contributed by atoms with van der Waals surface area (Å²) in [7, 11) is 2.10. The lowest BCUT2D eigenvalue weighted by Gasteiger charge is -2.20. The highest BCUT2D eigenvalue weighted by Crippen LogP contribution is 2.27. The molecule has 0 atom stereocenters. The first-order valence-electron chi connectivity index (χ1n) is 6.65. The lowest BCUT2D eigenvalue weighted by atomic mass is 10.2. The lowest BCUT2D eigenvalue weighted by Crippen LogP contribution is -2.25. The van der Waals surface area contributed by atoms with Crippen molar-refractivity contribution in [3.63, 3.8) is 0 Å². The molecule has 0 spiro atoms. The van der Waals surface area contributed by atoms with Gasteiger partial charge in [0, 0.05) is 49.7 Å². The molecule has 3 rings (SSSR count). The van der Waals surface area contributed by atoms with Crippen LogP contribution in [0.25, 0.3) is 0 Å². The van der Waals surface area contributed by atoms with E-state index < -0.39 is 0 Å². The second-order valence-corrected chi connectivity index (χ2v) is 6.03. The van der Waals surface area contributed by atoms with Crippen LogP contribution in [0, 0.1) is 0 Å². The Morgan fingerprint density at radius 3 is 3.25 bits per heavy atom. The smallest absolute Gasteiger partial charge is 0.228 e. The van der Waals surface area contributed by atoms with E-state index in [-0.39, 0.29) is 5.91 Å². The molecule has 7 heteroatoms. The number of thiazole rings is 1. The number of hydrogen-bond acceptors (Lipinski definition) is 5. The summed E-state index contributed by atoms with van der Waals surface area (Å²) in [6.45, 7) is 2.55. The summed E-state index contributed by atoms with van der Waals surface area (Å²) in [5.41, 5.74) is 1.13. The Kier molecular flexibility index (Phi) is 3.79. The standard InChI is InChI=1S/C13H17N5OS/c1-17-7-3-10-11(9-17)20-13(15-10)16-12(19)4-8-18-6-2-5-14-18/h2,5-6H,3-4,7-9H2,1H3,(H,15,16,19). The number of fused-ring (bicyclic) bond motifs is 1. The van der Waals surface area contributed by atoms with Crippen LogP contribution in [0.2, 0.25) is 0 Å². The average molecular weight is 291 g/mol. The first-order chi connectivity index (χ1) is 9.70. The summed E-state index contributed by atoms with van der Waals surface area (Å²) in [5, 5.41) is 7.68. The van der Waals surface area contributed by atoms with Crippen LogP contribution in [-0.4, -0.2) is 39.2 Å². The lowest BCUT2D eigenvalue weighted by molar-refractivity contribution is -0.116. The van der Waals surface area contributed by atoms with Gasteiger partial charge in [0.15, 0.2) is 5.13 Å². The van der Waals surface area contributed by atoms with E-state index in [2.05, 4.69) is 27.3 Å². The van der Waals surface area contributed by atoms with E-state index in [0.29, 0.717) is 13.0 Å². The molecule has 106 valence electrons. The van der Waals surface area contributed by atoms with Gasteiger partial charge in [-0.15, -0.1) is 11.3 Å². The van der Waals surface area contributed by atoms with Crippen LogP contribution in [0.3, 0.4) is 0 Å². The van der Waals surface area contributed by atoms with Crippen LogP contribution in [-0.2, 0) is 24.3 Å². The third-order valence-corrected chi connectivity index (χ3v) is 4.29. The highest BCUT2D eigenvalue weighted by Gasteiger charge is 2.18. The van der Waals surface area contributed by atoms with Crippen molar-refractivity contribution in [3.05, 3.63) is 29.0 Å². The number of aryl methyl sites for hydroxylation is 1. The maximum absolute atomic E-state index is 11.9. The molecule has 0 saturated carbocycles. The Hall–Kier alpha value is -1.73. The number of carbonyl (C=O) groups excluding carboxylic acids is 1. The van der Waals surface area contributed by atoms with Gasteiger partial charge < -0.3 is 10.2 Å². The zero-order chi connectivity index (χ0) is 13.9. The van der Waals surface area contributed by atoms with Gasteiger partial charge in [-0.3, -0.25) is 9.48 Å². The Morgan fingerprint density at radius 1 is 1.55 bits per heavy atom. The molecule has 1 aliphatic heterocycles. The molecule has 1 aliphatic rings. The van der Waals surface area contributed by atoms with E-state index in [1.807, 2.05) is 12.3 Å². The van der Waals surface area contributed by atoms with Crippen molar-refractivity contribution in [2.24, 2.45) is 0 Å². The molecule has 0 aromatic carbocycles. The number of nitrogens with one attached hydrogen (secondary N) is 1. The van der Waals surface area contributed by atoms with Gasteiger partial charge in [-0.2, -0.15) is 5.10 Å². The topological polar surface area (TPSA) is 63.1 Å². The summed E-state index contributed by atoms with van der Waals surface area (Å²) in [6, 6.07) is 1.85. The van der Waals surface area contributed by atoms with Crippen molar-refractivity contribution in [2.45, 2.75) is 25.9 Å². The quantitative estimate of drug-likeness (QED) is 0.924. The van der Waals surface area contributed by atoms with Crippen LogP contribution >= 0.6 is 11.3 Å². The van der Waals surface area contributed by atoms with Crippen LogP contribution < -0.4 is 5.32 Å². The van der Waals surface area contributed by atoms with E-state index in [1.54, 1.807) is 22.2 Å². The van der Waals surface area contributed by atoms with Crippen molar-refractivity contribution in [2.75, 3.05) is 18.9 Å². The first-order valence-corrected chi connectivity index (χ1v) is 7.47. The molecule has 6 nitrogen and oxygen atoms in total. The summed E-state index contributed by atoms with van der Waals surface area (Å²) in [6.07, 6.45) is 4.94. The molecule has 2 aromatic heterocycles. The third-order valence-electron chi connectivity index (χ3n) is 3.30. The summed E-state index contributed by atoms with van der Waals surface area (Å²) in [4.78, 5) is 19.9. The highest BCUT2D eigenvalue weighted by molar-refractivity contribution is 7.15. The normalized spacial score (nSPS) is 15.1. The first kappa shape index (κ1) is 13.3. The second kappa shape index (κ2) is 5.72. The number of amides is 1. The molecule has 0 fully saturated rings. The molecular formula is C13H17N5OS. The van der Waals surface area contributed by atoms with Crippen LogP contribution in [0.15, 0.2) is 18.5 Å². The fourth-order valence-electron chi connectivity index (χ4n) is 2.21. The van der Waals surface area contributed by atoms with E-state index in [1.165, 1.54) is 4.88 Å². The zero-order valence-corrected chi connectivity index (χ0v) is 12.2. The molecule has 0 aliphatic carbocycles. The van der Waals surface area contributed by atoms with Gasteiger partial charge in [-0.25, -0.2) is 4.98 Å². The van der Waals surface area contributed by atoms with Gasteiger partial charge in [0.05, 0.1) is 5.69 Å². The average Bonchev–Trinajstić information content (AvgIpc) is 3.04. The SMILES string of the molecule is CN1CCc2nc(NC(=O)CCn3cccn3)sc2C1. The van der Waals surface area contributed by atoms with Gasteiger partial charge >= 0.3 is 0 Å². The number of rotatable bonds is 4. The van der Waals surface area contributed by atoms with Gasteiger partial charge in [-0.05, 0) is 13.1 Å². The number of hydrogen-bond donors (Lipinski definition) is 1. The molecule has 20 heavy (non-hydrogen) atoms. The van der Waals surface area contributed by atoms with Crippen molar-refractivity contribution < 1.29 is 4.79 Å². The molecule has 1 N–H and O–H groups in total. The summed E-state index contributed by atoms with van der Waals surface area (Å²) < 4.78 is 1.75. The molecule has 0 unspecified atom stereocenters. The van der Waals surface area contributed by atoms with Gasteiger partial charge in [0.1, 0.15) is 0 Å². The van der Waals surface area contributed by atoms with Crippen molar-refractivity contribution in [1.82, 2.24) is 19.7 Å². The minimum atomic E-state index is -0.0139. The number of anilines is 1. The van der Waals surface area contributed by atoms with Crippen LogP contribution in [0.1, 0.15) is 17.0 Å². The van der Waals surface area contributed by atoms with Crippen LogP contribution in [0.5, 0.6) is 0 Å². The van der Waals surface area contributed by atoms with E-state index in [9.17, 15) is 4.79 Å². The fourth-order valence-corrected chi connectivity index (χ4v) is 3.31. The van der Waals surface area contributed by atoms with Gasteiger partial charge in [0.25, 0.3) is 0 Å². The third kappa shape index (κ3) is 3.05. The molecule has 3 heterocycles. The summed E-state index contributed by atoms with van der Waals surface area (Å²) >= 11 is 1.58. The van der Waals surface area contributed by atoms with Crippen LogP contribution in [0.4, 0.5) is 5.13 Å². The highest BCUT2D eigenvalue weighted by atomic mass is 32.1. The van der Waals surface area contributed by atoms with E-state index in [4.69, 9.17) is 0 Å². The fraction of sp³-hybridized carbons (Fsp3) is 0.462. The zero-order valence-electron chi connectivity index (χ0n) is 11.4. The minimum Gasteiger partial charge on any atom is -0.302 e. The summed E-state index contributed by atoms with van der Waals surface area (Å²) in [5.74, 6) is -0.0139. The molecule has 1 amide bonds. The van der Waals surface area contributed by atoms with E-state index in [0.717, 1.165) is 30.3 Å². The van der Waals surface area contributed by atoms with Gasteiger partial charge in [-0.1, -0.05) is 0 Å². The Balaban J connectivity index is 1.56. The predicted molar refractivity (Wildman–Crippen MR) is 77.6 cm³/mol. The van der Waals surface area contributed by atoms with Crippen molar-refractivity contribution in [1.29, 1.82) is 0 Å². The minimum absolute atomic E-state index is 0.0139. The van der Waals surface area contributed by atoms with Crippen molar-refractivity contribution >= 4 is 22.4 Å². The Labute approximate surface area is 121 Å². The maximum Gasteiger partial charge on any atom is 0.228 e. The Bertz CT molecular complexity index is 592. The molecule has 0 radical (unpaired) electrons. The Morgan fingerprint density at radius 2 is 2.45 bits per heavy atom. The largest absolute Gasteiger partial charge is 0.302 e. The molecule has 2 aromatic rings. The second-order valence-electron chi connectivity index (χ2n) is 4.94. The van der Waals surface area contributed by atoms with Gasteiger partial charge in [0.2, 0.25) is 5.91 Å². The predicted octanol–water partition coefficient (Wildman–Crippen LogP) is 1.36. The molecule has 0 bridgehead atoms. The number of nitrogens with zero attached hydrogens (tertiary/aromatic N) is 4. The molecule has 0 saturated heterocycles. The van der Waals surface area contributed by atoms with E-state index >= 15 is 0 Å². The number of carbonyl (C=O) groups is 1. The maximum atomic E-state index is 11.9. The number of likely N-dealkylation sites (N-methyl/N-ethyl adjacent to an activating group) is 1. The molecular weight excluding hydrogens is 274 g/mol. The van der Waals surface area contributed by atoms with Crippen molar-refractivity contribution in [3.8, 4) is 0 Å². The number of aromatic nitrogens is 3. The monoisotopic (exact) mass is 291 g/mol.